The van der Waals surface area contributed by atoms with Crippen LogP contribution in [0.3, 0.4) is 0 Å². The summed E-state index contributed by atoms with van der Waals surface area (Å²) in [4.78, 5) is 10.3. The summed E-state index contributed by atoms with van der Waals surface area (Å²) in [7, 11) is 3.35. The summed E-state index contributed by atoms with van der Waals surface area (Å²) >= 11 is 11.9. The molecule has 1 aromatic heterocycles. The highest BCUT2D eigenvalue weighted by molar-refractivity contribution is 6.31. The number of methoxy groups -OCH3 is 2. The van der Waals surface area contributed by atoms with Crippen LogP contribution in [0.15, 0.2) is 6.33 Å². The van der Waals surface area contributed by atoms with E-state index in [9.17, 15) is 0 Å². The second-order valence-electron chi connectivity index (χ2n) is 4.05. The number of hydrogen-bond donors (Lipinski definition) is 0. The lowest BCUT2D eigenvalue weighted by Crippen LogP contribution is -2.27. The molecule has 7 heteroatoms. The van der Waals surface area contributed by atoms with E-state index >= 15 is 0 Å². The lowest BCUT2D eigenvalue weighted by atomic mass is 10.3. The van der Waals surface area contributed by atoms with Crippen LogP contribution in [0.5, 0.6) is 0 Å². The third-order valence-corrected chi connectivity index (χ3v) is 3.72. The van der Waals surface area contributed by atoms with E-state index in [1.165, 1.54) is 6.33 Å². The Kier molecular flexibility index (Phi) is 4.61. The molecule has 1 fully saturated rings. The summed E-state index contributed by atoms with van der Waals surface area (Å²) in [5.74, 6) is 1.03. The van der Waals surface area contributed by atoms with Gasteiger partial charge in [0.15, 0.2) is 0 Å². The van der Waals surface area contributed by atoms with E-state index in [2.05, 4.69) is 14.9 Å². The van der Waals surface area contributed by atoms with Crippen molar-refractivity contribution in [3.05, 3.63) is 17.0 Å². The lowest BCUT2D eigenvalue weighted by molar-refractivity contribution is -0.00461. The van der Waals surface area contributed by atoms with Crippen molar-refractivity contribution in [3.8, 4) is 0 Å². The molecular weight excluding hydrogens is 277 g/mol. The van der Waals surface area contributed by atoms with Gasteiger partial charge in [0.2, 0.25) is 0 Å². The molecule has 1 aromatic rings. The number of anilines is 1. The summed E-state index contributed by atoms with van der Waals surface area (Å²) in [5, 5.41) is 0.393. The van der Waals surface area contributed by atoms with Crippen LogP contribution in [0.2, 0.25) is 5.15 Å². The van der Waals surface area contributed by atoms with E-state index in [0.29, 0.717) is 18.2 Å². The first kappa shape index (κ1) is 13.8. The molecule has 1 saturated heterocycles. The zero-order valence-corrected chi connectivity index (χ0v) is 11.8. The van der Waals surface area contributed by atoms with Gasteiger partial charge in [-0.05, 0) is 0 Å². The second-order valence-corrected chi connectivity index (χ2v) is 4.68. The van der Waals surface area contributed by atoms with Gasteiger partial charge in [-0.2, -0.15) is 0 Å². The van der Waals surface area contributed by atoms with Crippen LogP contribution in [0.25, 0.3) is 0 Å². The standard InChI is InChI=1S/C11H15Cl2N3O2/c1-17-8-4-16(5-9(8)18-2)11-7(3-12)10(13)14-6-15-11/h6,8-9H,3-5H2,1-2H3. The van der Waals surface area contributed by atoms with Crippen molar-refractivity contribution in [2.45, 2.75) is 18.1 Å². The first-order valence-electron chi connectivity index (χ1n) is 5.57. The molecule has 100 valence electrons. The quantitative estimate of drug-likeness (QED) is 0.624. The van der Waals surface area contributed by atoms with Crippen LogP contribution in [-0.4, -0.2) is 49.5 Å². The highest BCUT2D eigenvalue weighted by Crippen LogP contribution is 2.29. The minimum atomic E-state index is 0.0203. The van der Waals surface area contributed by atoms with Crippen molar-refractivity contribution >= 4 is 29.0 Å². The summed E-state index contributed by atoms with van der Waals surface area (Å²) in [5.41, 5.74) is 0.743. The summed E-state index contributed by atoms with van der Waals surface area (Å²) in [6.07, 6.45) is 1.48. The zero-order chi connectivity index (χ0) is 13.1. The van der Waals surface area contributed by atoms with Crippen molar-refractivity contribution in [1.82, 2.24) is 9.97 Å². The Morgan fingerprint density at radius 2 is 1.89 bits per heavy atom. The first-order chi connectivity index (χ1) is 8.71. The number of ether oxygens (including phenoxy) is 2. The van der Waals surface area contributed by atoms with Gasteiger partial charge in [0, 0.05) is 32.9 Å². The van der Waals surface area contributed by atoms with Crippen LogP contribution in [-0.2, 0) is 15.4 Å². The van der Waals surface area contributed by atoms with E-state index in [4.69, 9.17) is 32.7 Å². The maximum absolute atomic E-state index is 6.02. The van der Waals surface area contributed by atoms with Gasteiger partial charge >= 0.3 is 0 Å². The van der Waals surface area contributed by atoms with Crippen LogP contribution < -0.4 is 4.90 Å². The monoisotopic (exact) mass is 291 g/mol. The number of nitrogens with zero attached hydrogens (tertiary/aromatic N) is 3. The molecule has 0 amide bonds. The fourth-order valence-corrected chi connectivity index (χ4v) is 2.65. The van der Waals surface area contributed by atoms with Crippen molar-refractivity contribution in [2.24, 2.45) is 0 Å². The molecule has 0 radical (unpaired) electrons. The minimum absolute atomic E-state index is 0.0203. The van der Waals surface area contributed by atoms with Crippen molar-refractivity contribution in [3.63, 3.8) is 0 Å². The molecule has 2 atom stereocenters. The number of aromatic nitrogens is 2. The third-order valence-electron chi connectivity index (χ3n) is 3.12. The molecule has 1 aliphatic heterocycles. The van der Waals surface area contributed by atoms with Gasteiger partial charge in [-0.3, -0.25) is 0 Å². The highest BCUT2D eigenvalue weighted by Gasteiger charge is 2.34. The average molecular weight is 292 g/mol. The molecule has 0 spiro atoms. The lowest BCUT2D eigenvalue weighted by Gasteiger charge is -2.19. The molecular formula is C11H15Cl2N3O2. The maximum Gasteiger partial charge on any atom is 0.138 e. The predicted octanol–water partition coefficient (Wildman–Crippen LogP) is 1.72. The molecule has 18 heavy (non-hydrogen) atoms. The molecule has 5 nitrogen and oxygen atoms in total. The molecule has 0 bridgehead atoms. The molecule has 2 heterocycles. The van der Waals surface area contributed by atoms with E-state index in [-0.39, 0.29) is 18.1 Å². The second kappa shape index (κ2) is 6.02. The maximum atomic E-state index is 6.02. The summed E-state index contributed by atoms with van der Waals surface area (Å²) in [6.45, 7) is 1.40. The number of alkyl halides is 1. The molecule has 0 N–H and O–H groups in total. The van der Waals surface area contributed by atoms with E-state index in [0.717, 1.165) is 11.4 Å². The predicted molar refractivity (Wildman–Crippen MR) is 70.4 cm³/mol. The number of hydrogen-bond acceptors (Lipinski definition) is 5. The fraction of sp³-hybridized carbons (Fsp3) is 0.636. The fourth-order valence-electron chi connectivity index (χ4n) is 2.14. The molecule has 2 unspecified atom stereocenters. The zero-order valence-electron chi connectivity index (χ0n) is 10.3. The Morgan fingerprint density at radius 3 is 2.39 bits per heavy atom. The van der Waals surface area contributed by atoms with Crippen molar-refractivity contribution < 1.29 is 9.47 Å². The van der Waals surface area contributed by atoms with E-state index < -0.39 is 0 Å². The van der Waals surface area contributed by atoms with E-state index in [1.807, 2.05) is 0 Å². The Morgan fingerprint density at radius 1 is 1.28 bits per heavy atom. The largest absolute Gasteiger partial charge is 0.377 e. The van der Waals surface area contributed by atoms with Crippen molar-refractivity contribution in [1.29, 1.82) is 0 Å². The number of halogens is 2. The summed E-state index contributed by atoms with van der Waals surface area (Å²) in [6, 6.07) is 0. The Hall–Kier alpha value is -0.620. The van der Waals surface area contributed by atoms with Crippen molar-refractivity contribution in [2.75, 3.05) is 32.2 Å². The molecule has 1 aliphatic rings. The van der Waals surface area contributed by atoms with Crippen LogP contribution >= 0.6 is 23.2 Å². The van der Waals surface area contributed by atoms with Gasteiger partial charge in [-0.15, -0.1) is 11.6 Å². The molecule has 2 rings (SSSR count). The van der Waals surface area contributed by atoms with Gasteiger partial charge in [0.05, 0.1) is 5.88 Å². The smallest absolute Gasteiger partial charge is 0.138 e. The van der Waals surface area contributed by atoms with Crippen LogP contribution in [0, 0.1) is 0 Å². The van der Waals surface area contributed by atoms with E-state index in [1.54, 1.807) is 14.2 Å². The minimum Gasteiger partial charge on any atom is -0.377 e. The Labute approximate surface area is 116 Å². The van der Waals surface area contributed by atoms with Crippen LogP contribution in [0.1, 0.15) is 5.56 Å². The topological polar surface area (TPSA) is 47.5 Å². The molecule has 0 saturated carbocycles. The summed E-state index contributed by atoms with van der Waals surface area (Å²) < 4.78 is 10.8. The van der Waals surface area contributed by atoms with Gasteiger partial charge in [0.25, 0.3) is 0 Å². The van der Waals surface area contributed by atoms with Crippen LogP contribution in [0.4, 0.5) is 5.82 Å². The molecule has 0 aliphatic carbocycles. The normalized spacial score (nSPS) is 23.7. The molecule has 0 aromatic carbocycles. The average Bonchev–Trinajstić information content (AvgIpc) is 2.81. The number of rotatable bonds is 4. The SMILES string of the molecule is COC1CN(c2ncnc(Cl)c2CCl)CC1OC. The Balaban J connectivity index is 2.25. The van der Waals surface area contributed by atoms with Gasteiger partial charge < -0.3 is 14.4 Å². The highest BCUT2D eigenvalue weighted by atomic mass is 35.5. The van der Waals surface area contributed by atoms with Gasteiger partial charge in [-0.25, -0.2) is 9.97 Å². The van der Waals surface area contributed by atoms with Gasteiger partial charge in [0.1, 0.15) is 29.5 Å². The third kappa shape index (κ3) is 2.54. The van der Waals surface area contributed by atoms with Gasteiger partial charge in [-0.1, -0.05) is 11.6 Å². The Bertz CT molecular complexity index is 407. The first-order valence-corrected chi connectivity index (χ1v) is 6.48.